The Bertz CT molecular complexity index is 996. The van der Waals surface area contributed by atoms with Crippen molar-refractivity contribution in [1.82, 2.24) is 24.8 Å². The van der Waals surface area contributed by atoms with Gasteiger partial charge in [-0.05, 0) is 31.0 Å². The van der Waals surface area contributed by atoms with Gasteiger partial charge in [0.05, 0.1) is 24.7 Å². The SMILES string of the molecule is COc1ccc(CN2CCc3c(nc(-c4cnc(C)cn4)[nH]c3=O)C2)cc1. The minimum Gasteiger partial charge on any atom is -0.497 e. The maximum absolute atomic E-state index is 12.5. The molecule has 4 rings (SSSR count). The number of hydrogen-bond donors (Lipinski definition) is 1. The van der Waals surface area contributed by atoms with Gasteiger partial charge in [-0.3, -0.25) is 14.7 Å². The Morgan fingerprint density at radius 2 is 2.00 bits per heavy atom. The Morgan fingerprint density at radius 1 is 1.19 bits per heavy atom. The fraction of sp³-hybridized carbons (Fsp3) is 0.300. The summed E-state index contributed by atoms with van der Waals surface area (Å²) in [6.07, 6.45) is 4.00. The van der Waals surface area contributed by atoms with Crippen LogP contribution < -0.4 is 10.3 Å². The van der Waals surface area contributed by atoms with Gasteiger partial charge in [0.15, 0.2) is 5.82 Å². The molecule has 7 heteroatoms. The molecule has 1 N–H and O–H groups in total. The first-order chi connectivity index (χ1) is 13.1. The van der Waals surface area contributed by atoms with Crippen LogP contribution in [-0.2, 0) is 19.5 Å². The summed E-state index contributed by atoms with van der Waals surface area (Å²) in [5.41, 5.74) is 4.10. The van der Waals surface area contributed by atoms with Crippen molar-refractivity contribution < 1.29 is 4.74 Å². The zero-order valence-corrected chi connectivity index (χ0v) is 15.4. The van der Waals surface area contributed by atoms with Crippen molar-refractivity contribution in [1.29, 1.82) is 0 Å². The molecule has 0 fully saturated rings. The molecule has 3 aromatic rings. The number of aryl methyl sites for hydroxylation is 1. The van der Waals surface area contributed by atoms with Crippen molar-refractivity contribution in [2.24, 2.45) is 0 Å². The molecule has 0 unspecified atom stereocenters. The van der Waals surface area contributed by atoms with Crippen LogP contribution in [0.25, 0.3) is 11.5 Å². The topological polar surface area (TPSA) is 84.0 Å². The summed E-state index contributed by atoms with van der Waals surface area (Å²) in [5, 5.41) is 0. The lowest BCUT2D eigenvalue weighted by atomic mass is 10.1. The molecule has 7 nitrogen and oxygen atoms in total. The van der Waals surface area contributed by atoms with Crippen LogP contribution in [0.3, 0.4) is 0 Å². The number of methoxy groups -OCH3 is 1. The Morgan fingerprint density at radius 3 is 2.70 bits per heavy atom. The molecule has 1 aromatic carbocycles. The van der Waals surface area contributed by atoms with E-state index in [4.69, 9.17) is 4.74 Å². The van der Waals surface area contributed by atoms with Crippen LogP contribution in [0.5, 0.6) is 5.75 Å². The van der Waals surface area contributed by atoms with E-state index in [1.54, 1.807) is 19.5 Å². The summed E-state index contributed by atoms with van der Waals surface area (Å²) in [6, 6.07) is 8.05. The molecule has 1 aliphatic rings. The third-order valence-corrected chi connectivity index (χ3v) is 4.74. The molecule has 0 radical (unpaired) electrons. The molecule has 0 saturated heterocycles. The Kier molecular flexibility index (Phi) is 4.68. The van der Waals surface area contributed by atoms with Crippen molar-refractivity contribution in [2.45, 2.75) is 26.4 Å². The van der Waals surface area contributed by atoms with E-state index < -0.39 is 0 Å². The molecule has 2 aromatic heterocycles. The zero-order valence-electron chi connectivity index (χ0n) is 15.4. The van der Waals surface area contributed by atoms with Gasteiger partial charge in [0.1, 0.15) is 11.4 Å². The minimum atomic E-state index is -0.0820. The molecule has 3 heterocycles. The van der Waals surface area contributed by atoms with Crippen molar-refractivity contribution in [3.8, 4) is 17.3 Å². The fourth-order valence-corrected chi connectivity index (χ4v) is 3.25. The molecule has 0 atom stereocenters. The first-order valence-corrected chi connectivity index (χ1v) is 8.89. The van der Waals surface area contributed by atoms with Gasteiger partial charge in [-0.1, -0.05) is 12.1 Å². The van der Waals surface area contributed by atoms with Crippen LogP contribution in [0, 0.1) is 6.92 Å². The van der Waals surface area contributed by atoms with Crippen LogP contribution in [0.1, 0.15) is 22.5 Å². The molecule has 138 valence electrons. The summed E-state index contributed by atoms with van der Waals surface area (Å²) >= 11 is 0. The van der Waals surface area contributed by atoms with Crippen LogP contribution in [0.4, 0.5) is 0 Å². The standard InChI is InChI=1S/C20H21N5O2/c1-13-9-22-17(10-21-13)19-23-18-12-25(8-7-16(18)20(26)24-19)11-14-3-5-15(27-2)6-4-14/h3-6,9-10H,7-8,11-12H2,1-2H3,(H,23,24,26). The van der Waals surface area contributed by atoms with Gasteiger partial charge in [0.2, 0.25) is 0 Å². The number of nitrogens with zero attached hydrogens (tertiary/aromatic N) is 4. The third kappa shape index (κ3) is 3.73. The molecule has 0 spiro atoms. The normalized spacial score (nSPS) is 14.0. The molecule has 1 aliphatic heterocycles. The predicted octanol–water partition coefficient (Wildman–Crippen LogP) is 2.10. The number of nitrogens with one attached hydrogen (secondary N) is 1. The lowest BCUT2D eigenvalue weighted by Crippen LogP contribution is -2.35. The molecular weight excluding hydrogens is 342 g/mol. The van der Waals surface area contributed by atoms with Crippen molar-refractivity contribution >= 4 is 0 Å². The van der Waals surface area contributed by atoms with E-state index in [2.05, 4.69) is 37.0 Å². The maximum atomic E-state index is 12.5. The Labute approximate surface area is 157 Å². The van der Waals surface area contributed by atoms with Gasteiger partial charge in [-0.25, -0.2) is 9.97 Å². The van der Waals surface area contributed by atoms with Gasteiger partial charge in [-0.2, -0.15) is 0 Å². The van der Waals surface area contributed by atoms with E-state index in [0.29, 0.717) is 24.5 Å². The minimum absolute atomic E-state index is 0.0820. The number of ether oxygens (including phenoxy) is 1. The molecule has 0 saturated carbocycles. The number of H-pyrrole nitrogens is 1. The number of aromatic amines is 1. The first-order valence-electron chi connectivity index (χ1n) is 8.89. The summed E-state index contributed by atoms with van der Waals surface area (Å²) in [4.78, 5) is 30.9. The molecule has 0 aliphatic carbocycles. The average molecular weight is 363 g/mol. The number of hydrogen-bond acceptors (Lipinski definition) is 6. The van der Waals surface area contributed by atoms with Gasteiger partial charge < -0.3 is 9.72 Å². The number of rotatable bonds is 4. The highest BCUT2D eigenvalue weighted by atomic mass is 16.5. The molecule has 0 bridgehead atoms. The van der Waals surface area contributed by atoms with Crippen LogP contribution >= 0.6 is 0 Å². The van der Waals surface area contributed by atoms with Gasteiger partial charge in [0, 0.05) is 31.4 Å². The molecular formula is C20H21N5O2. The number of fused-ring (bicyclic) bond motifs is 1. The van der Waals surface area contributed by atoms with E-state index in [0.717, 1.165) is 35.8 Å². The summed E-state index contributed by atoms with van der Waals surface area (Å²) < 4.78 is 5.21. The Hall–Kier alpha value is -3.06. The maximum Gasteiger partial charge on any atom is 0.254 e. The smallest absolute Gasteiger partial charge is 0.254 e. The lowest BCUT2D eigenvalue weighted by molar-refractivity contribution is 0.240. The largest absolute Gasteiger partial charge is 0.497 e. The lowest BCUT2D eigenvalue weighted by Gasteiger charge is -2.27. The first kappa shape index (κ1) is 17.4. The average Bonchev–Trinajstić information content (AvgIpc) is 2.69. The zero-order chi connectivity index (χ0) is 18.8. The highest BCUT2D eigenvalue weighted by Gasteiger charge is 2.21. The fourth-order valence-electron chi connectivity index (χ4n) is 3.25. The second-order valence-corrected chi connectivity index (χ2v) is 6.69. The second kappa shape index (κ2) is 7.28. The predicted molar refractivity (Wildman–Crippen MR) is 101 cm³/mol. The van der Waals surface area contributed by atoms with Crippen molar-refractivity contribution in [3.05, 3.63) is 69.5 Å². The van der Waals surface area contributed by atoms with Crippen LogP contribution in [-0.4, -0.2) is 38.5 Å². The van der Waals surface area contributed by atoms with Crippen LogP contribution in [0.15, 0.2) is 41.5 Å². The van der Waals surface area contributed by atoms with Gasteiger partial charge in [0.25, 0.3) is 5.56 Å². The third-order valence-electron chi connectivity index (χ3n) is 4.74. The van der Waals surface area contributed by atoms with Gasteiger partial charge >= 0.3 is 0 Å². The van der Waals surface area contributed by atoms with E-state index in [1.165, 1.54) is 5.56 Å². The number of aromatic nitrogens is 4. The van der Waals surface area contributed by atoms with Crippen LogP contribution in [0.2, 0.25) is 0 Å². The quantitative estimate of drug-likeness (QED) is 0.764. The van der Waals surface area contributed by atoms with E-state index in [-0.39, 0.29) is 5.56 Å². The monoisotopic (exact) mass is 363 g/mol. The van der Waals surface area contributed by atoms with Crippen molar-refractivity contribution in [2.75, 3.05) is 13.7 Å². The highest BCUT2D eigenvalue weighted by molar-refractivity contribution is 5.48. The van der Waals surface area contributed by atoms with Gasteiger partial charge in [-0.15, -0.1) is 0 Å². The summed E-state index contributed by atoms with van der Waals surface area (Å²) in [6.45, 7) is 4.14. The van der Waals surface area contributed by atoms with E-state index in [9.17, 15) is 4.79 Å². The number of benzene rings is 1. The van der Waals surface area contributed by atoms with E-state index >= 15 is 0 Å². The second-order valence-electron chi connectivity index (χ2n) is 6.69. The summed E-state index contributed by atoms with van der Waals surface area (Å²) in [7, 11) is 1.66. The highest BCUT2D eigenvalue weighted by Crippen LogP contribution is 2.20. The van der Waals surface area contributed by atoms with E-state index in [1.807, 2.05) is 19.1 Å². The van der Waals surface area contributed by atoms with Crippen molar-refractivity contribution in [3.63, 3.8) is 0 Å². The summed E-state index contributed by atoms with van der Waals surface area (Å²) in [5.74, 6) is 1.32. The molecule has 0 amide bonds. The Balaban J connectivity index is 1.57. The molecule has 27 heavy (non-hydrogen) atoms.